The number of rotatable bonds is 6. The number of carbonyl (C=O) groups is 1. The van der Waals surface area contributed by atoms with E-state index in [9.17, 15) is 4.79 Å². The van der Waals surface area contributed by atoms with Crippen LogP contribution in [0.25, 0.3) is 0 Å². The highest BCUT2D eigenvalue weighted by molar-refractivity contribution is 5.79. The molecule has 4 nitrogen and oxygen atoms in total. The van der Waals surface area contributed by atoms with Crippen molar-refractivity contribution in [2.75, 3.05) is 19.8 Å². The average molecular weight is 290 g/mol. The molecule has 0 bridgehead atoms. The van der Waals surface area contributed by atoms with Crippen molar-refractivity contribution in [2.24, 2.45) is 17.6 Å². The molecule has 0 saturated carbocycles. The number of carbonyl (C=O) groups excluding carboxylic acids is 1. The predicted molar refractivity (Wildman–Crippen MR) is 83.7 cm³/mol. The molecule has 0 aromatic heterocycles. The van der Waals surface area contributed by atoms with E-state index in [-0.39, 0.29) is 17.9 Å². The third kappa shape index (κ3) is 4.83. The lowest BCUT2D eigenvalue weighted by Gasteiger charge is -2.23. The molecule has 1 amide bonds. The van der Waals surface area contributed by atoms with Gasteiger partial charge < -0.3 is 15.8 Å². The largest absolute Gasteiger partial charge is 0.381 e. The smallest absolute Gasteiger partial charge is 0.224 e. The van der Waals surface area contributed by atoms with E-state index < -0.39 is 0 Å². The van der Waals surface area contributed by atoms with E-state index in [2.05, 4.69) is 5.32 Å². The summed E-state index contributed by atoms with van der Waals surface area (Å²) in [5.74, 6) is 0.498. The number of hydrogen-bond acceptors (Lipinski definition) is 3. The monoisotopic (exact) mass is 290 g/mol. The summed E-state index contributed by atoms with van der Waals surface area (Å²) in [6.07, 6.45) is 3.24. The van der Waals surface area contributed by atoms with Crippen LogP contribution in [0.1, 0.15) is 37.8 Å². The number of ether oxygens (including phenoxy) is 1. The minimum absolute atomic E-state index is 0.0402. The van der Waals surface area contributed by atoms with E-state index in [4.69, 9.17) is 10.5 Å². The summed E-state index contributed by atoms with van der Waals surface area (Å²) in [5, 5.41) is 3.02. The SMILES string of the molecule is CC(C(=O)NCCC1CCOCC1)C(N)c1ccccc1. The van der Waals surface area contributed by atoms with Crippen LogP contribution in [-0.4, -0.2) is 25.7 Å². The van der Waals surface area contributed by atoms with E-state index in [1.807, 2.05) is 37.3 Å². The van der Waals surface area contributed by atoms with E-state index in [1.54, 1.807) is 0 Å². The lowest BCUT2D eigenvalue weighted by Crippen LogP contribution is -2.36. The third-order valence-corrected chi connectivity index (χ3v) is 4.33. The van der Waals surface area contributed by atoms with Crippen LogP contribution in [0.2, 0.25) is 0 Å². The van der Waals surface area contributed by atoms with Gasteiger partial charge >= 0.3 is 0 Å². The fourth-order valence-electron chi connectivity index (χ4n) is 2.72. The van der Waals surface area contributed by atoms with E-state index in [1.165, 1.54) is 0 Å². The molecule has 1 saturated heterocycles. The minimum atomic E-state index is -0.255. The third-order valence-electron chi connectivity index (χ3n) is 4.33. The second-order valence-corrected chi connectivity index (χ2v) is 5.86. The van der Waals surface area contributed by atoms with Crippen LogP contribution >= 0.6 is 0 Å². The quantitative estimate of drug-likeness (QED) is 0.844. The standard InChI is InChI=1S/C17H26N2O2/c1-13(16(18)15-5-3-2-4-6-15)17(20)19-10-7-14-8-11-21-12-9-14/h2-6,13-14,16H,7-12,18H2,1H3,(H,19,20). The summed E-state index contributed by atoms with van der Waals surface area (Å²) >= 11 is 0. The Balaban J connectivity index is 1.74. The van der Waals surface area contributed by atoms with Gasteiger partial charge in [-0.2, -0.15) is 0 Å². The number of amides is 1. The molecule has 4 heteroatoms. The molecule has 1 aromatic rings. The predicted octanol–water partition coefficient (Wildman–Crippen LogP) is 2.26. The lowest BCUT2D eigenvalue weighted by molar-refractivity contribution is -0.125. The van der Waals surface area contributed by atoms with Crippen LogP contribution in [0.4, 0.5) is 0 Å². The molecule has 1 fully saturated rings. The normalized spacial score (nSPS) is 19.0. The maximum absolute atomic E-state index is 12.2. The molecular weight excluding hydrogens is 264 g/mol. The molecular formula is C17H26N2O2. The highest BCUT2D eigenvalue weighted by atomic mass is 16.5. The molecule has 0 aliphatic carbocycles. The Hall–Kier alpha value is -1.39. The zero-order chi connectivity index (χ0) is 15.1. The highest BCUT2D eigenvalue weighted by Gasteiger charge is 2.22. The second-order valence-electron chi connectivity index (χ2n) is 5.86. The van der Waals surface area contributed by atoms with Crippen molar-refractivity contribution < 1.29 is 9.53 Å². The van der Waals surface area contributed by atoms with Crippen molar-refractivity contribution >= 4 is 5.91 Å². The van der Waals surface area contributed by atoms with Crippen molar-refractivity contribution in [3.8, 4) is 0 Å². The fourth-order valence-corrected chi connectivity index (χ4v) is 2.72. The van der Waals surface area contributed by atoms with Gasteiger partial charge in [0.2, 0.25) is 5.91 Å². The van der Waals surface area contributed by atoms with Crippen LogP contribution in [0.3, 0.4) is 0 Å². The molecule has 3 N–H and O–H groups in total. The van der Waals surface area contributed by atoms with Crippen molar-refractivity contribution in [1.29, 1.82) is 0 Å². The van der Waals surface area contributed by atoms with Crippen LogP contribution in [0.15, 0.2) is 30.3 Å². The summed E-state index contributed by atoms with van der Waals surface area (Å²) in [5.41, 5.74) is 7.18. The maximum atomic E-state index is 12.2. The van der Waals surface area contributed by atoms with Crippen LogP contribution < -0.4 is 11.1 Å². The van der Waals surface area contributed by atoms with Crippen LogP contribution in [0, 0.1) is 11.8 Å². The van der Waals surface area contributed by atoms with Crippen molar-refractivity contribution in [3.63, 3.8) is 0 Å². The molecule has 2 unspecified atom stereocenters. The summed E-state index contributed by atoms with van der Waals surface area (Å²) < 4.78 is 5.34. The van der Waals surface area contributed by atoms with Gasteiger partial charge in [-0.1, -0.05) is 37.3 Å². The zero-order valence-electron chi connectivity index (χ0n) is 12.8. The Morgan fingerprint density at radius 1 is 1.33 bits per heavy atom. The molecule has 1 aliphatic rings. The second kappa shape index (κ2) is 8.15. The number of hydrogen-bond donors (Lipinski definition) is 2. The van der Waals surface area contributed by atoms with Gasteiger partial charge in [0.05, 0.1) is 5.92 Å². The topological polar surface area (TPSA) is 64.3 Å². The van der Waals surface area contributed by atoms with Gasteiger partial charge in [-0.05, 0) is 30.7 Å². The molecule has 0 radical (unpaired) electrons. The first-order valence-corrected chi connectivity index (χ1v) is 7.84. The van der Waals surface area contributed by atoms with Gasteiger partial charge in [-0.3, -0.25) is 4.79 Å². The first-order chi connectivity index (χ1) is 10.2. The minimum Gasteiger partial charge on any atom is -0.381 e. The molecule has 116 valence electrons. The van der Waals surface area contributed by atoms with Gasteiger partial charge in [0.1, 0.15) is 0 Å². The average Bonchev–Trinajstić information content (AvgIpc) is 2.55. The lowest BCUT2D eigenvalue weighted by atomic mass is 9.94. The van der Waals surface area contributed by atoms with Crippen LogP contribution in [0.5, 0.6) is 0 Å². The summed E-state index contributed by atoms with van der Waals surface area (Å²) in [4.78, 5) is 12.2. The molecule has 1 aromatic carbocycles. The summed E-state index contributed by atoms with van der Waals surface area (Å²) in [6.45, 7) is 4.33. The van der Waals surface area contributed by atoms with Gasteiger partial charge in [-0.15, -0.1) is 0 Å². The van der Waals surface area contributed by atoms with E-state index >= 15 is 0 Å². The molecule has 1 heterocycles. The van der Waals surface area contributed by atoms with Gasteiger partial charge in [-0.25, -0.2) is 0 Å². The zero-order valence-corrected chi connectivity index (χ0v) is 12.8. The highest BCUT2D eigenvalue weighted by Crippen LogP contribution is 2.20. The Morgan fingerprint density at radius 3 is 2.67 bits per heavy atom. The van der Waals surface area contributed by atoms with Gasteiger partial charge in [0, 0.05) is 25.8 Å². The molecule has 1 aliphatic heterocycles. The molecule has 21 heavy (non-hydrogen) atoms. The fraction of sp³-hybridized carbons (Fsp3) is 0.588. The molecule has 2 rings (SSSR count). The van der Waals surface area contributed by atoms with E-state index in [0.717, 1.165) is 44.6 Å². The van der Waals surface area contributed by atoms with Crippen molar-refractivity contribution in [3.05, 3.63) is 35.9 Å². The van der Waals surface area contributed by atoms with Crippen LogP contribution in [-0.2, 0) is 9.53 Å². The first kappa shape index (κ1) is 16.0. The number of nitrogens with two attached hydrogens (primary N) is 1. The van der Waals surface area contributed by atoms with Crippen molar-refractivity contribution in [2.45, 2.75) is 32.2 Å². The van der Waals surface area contributed by atoms with Crippen molar-refractivity contribution in [1.82, 2.24) is 5.32 Å². The number of benzene rings is 1. The Morgan fingerprint density at radius 2 is 2.00 bits per heavy atom. The first-order valence-electron chi connectivity index (χ1n) is 7.84. The maximum Gasteiger partial charge on any atom is 0.224 e. The molecule has 0 spiro atoms. The summed E-state index contributed by atoms with van der Waals surface area (Å²) in [7, 11) is 0. The van der Waals surface area contributed by atoms with Gasteiger partial charge in [0.15, 0.2) is 0 Å². The Bertz CT molecular complexity index is 430. The Labute approximate surface area is 127 Å². The Kier molecular flexibility index (Phi) is 6.21. The van der Waals surface area contributed by atoms with E-state index in [0.29, 0.717) is 5.92 Å². The molecule has 2 atom stereocenters. The summed E-state index contributed by atoms with van der Waals surface area (Å²) in [6, 6.07) is 9.53. The van der Waals surface area contributed by atoms with Gasteiger partial charge in [0.25, 0.3) is 0 Å². The number of nitrogens with one attached hydrogen (secondary N) is 1.